The third kappa shape index (κ3) is 4.92. The van der Waals surface area contributed by atoms with Crippen molar-refractivity contribution in [3.05, 3.63) is 65.5 Å². The molecule has 0 aromatic heterocycles. The molecule has 0 N–H and O–H groups in total. The van der Waals surface area contributed by atoms with Crippen LogP contribution in [0.4, 0.5) is 4.39 Å². The van der Waals surface area contributed by atoms with Gasteiger partial charge in [-0.05, 0) is 48.9 Å². The maximum atomic E-state index is 13.1. The van der Waals surface area contributed by atoms with Crippen LogP contribution in [-0.2, 0) is 11.3 Å². The molecule has 2 aromatic carbocycles. The van der Waals surface area contributed by atoms with Crippen LogP contribution in [0.15, 0.2) is 48.5 Å². The van der Waals surface area contributed by atoms with Crippen LogP contribution in [0.2, 0.25) is 0 Å². The van der Waals surface area contributed by atoms with Gasteiger partial charge >= 0.3 is 0 Å². The van der Waals surface area contributed by atoms with Crippen molar-refractivity contribution in [2.45, 2.75) is 13.5 Å². The van der Waals surface area contributed by atoms with Crippen LogP contribution in [0.5, 0.6) is 5.75 Å². The smallest absolute Gasteiger partial charge is 0.260 e. The van der Waals surface area contributed by atoms with E-state index >= 15 is 0 Å². The molecule has 0 saturated carbocycles. The normalized spacial score (nSPS) is 10.2. The number of nitrogens with zero attached hydrogens (tertiary/aromatic N) is 1. The lowest BCUT2D eigenvalue weighted by Crippen LogP contribution is -2.30. The number of rotatable bonds is 6. The Labute approximate surface area is 134 Å². The Morgan fingerprint density at radius 1 is 1.13 bits per heavy atom. The van der Waals surface area contributed by atoms with Crippen LogP contribution in [0, 0.1) is 5.82 Å². The van der Waals surface area contributed by atoms with E-state index in [0.717, 1.165) is 0 Å². The second-order valence-electron chi connectivity index (χ2n) is 5.25. The first-order chi connectivity index (χ1) is 11.0. The van der Waals surface area contributed by atoms with Gasteiger partial charge in [0.25, 0.3) is 5.91 Å². The lowest BCUT2D eigenvalue weighted by Gasteiger charge is -2.17. The monoisotopic (exact) mass is 315 g/mol. The molecule has 2 rings (SSSR count). The number of Topliss-reactive ketones (excluding diaryl/α,β-unsaturated/α-hetero) is 1. The lowest BCUT2D eigenvalue weighted by atomic mass is 10.1. The molecule has 0 unspecified atom stereocenters. The first-order valence-electron chi connectivity index (χ1n) is 7.18. The maximum Gasteiger partial charge on any atom is 0.260 e. The molecule has 0 heterocycles. The molecular formula is C18H18FNO3. The summed E-state index contributed by atoms with van der Waals surface area (Å²) < 4.78 is 18.5. The van der Waals surface area contributed by atoms with Crippen LogP contribution in [-0.4, -0.2) is 30.2 Å². The maximum absolute atomic E-state index is 13.1. The van der Waals surface area contributed by atoms with E-state index in [9.17, 15) is 14.0 Å². The summed E-state index contributed by atoms with van der Waals surface area (Å²) in [5.41, 5.74) is 1.30. The van der Waals surface area contributed by atoms with Gasteiger partial charge in [0.15, 0.2) is 12.4 Å². The molecule has 2 aromatic rings. The first kappa shape index (κ1) is 16.7. The zero-order valence-electron chi connectivity index (χ0n) is 13.1. The van der Waals surface area contributed by atoms with Gasteiger partial charge in [0.1, 0.15) is 11.6 Å². The van der Waals surface area contributed by atoms with Gasteiger partial charge < -0.3 is 9.64 Å². The fourth-order valence-corrected chi connectivity index (χ4v) is 2.04. The number of ketones is 1. The lowest BCUT2D eigenvalue weighted by molar-refractivity contribution is -0.132. The van der Waals surface area contributed by atoms with Gasteiger partial charge in [-0.2, -0.15) is 0 Å². The Bertz CT molecular complexity index is 698. The molecule has 0 bridgehead atoms. The van der Waals surface area contributed by atoms with Crippen LogP contribution in [0.3, 0.4) is 0 Å². The average molecular weight is 315 g/mol. The molecule has 0 saturated heterocycles. The fraction of sp³-hybridized carbons (Fsp3) is 0.222. The van der Waals surface area contributed by atoms with Gasteiger partial charge in [-0.3, -0.25) is 9.59 Å². The molecule has 120 valence electrons. The van der Waals surface area contributed by atoms with E-state index in [1.165, 1.54) is 24.0 Å². The summed E-state index contributed by atoms with van der Waals surface area (Å²) in [6, 6.07) is 12.7. The minimum absolute atomic E-state index is 0.0255. The molecule has 0 radical (unpaired) electrons. The van der Waals surface area contributed by atoms with Crippen molar-refractivity contribution in [3.63, 3.8) is 0 Å². The van der Waals surface area contributed by atoms with Crippen molar-refractivity contribution >= 4 is 11.7 Å². The molecule has 4 nitrogen and oxygen atoms in total. The summed E-state index contributed by atoms with van der Waals surface area (Å²) >= 11 is 0. The van der Waals surface area contributed by atoms with Gasteiger partial charge in [-0.1, -0.05) is 12.1 Å². The average Bonchev–Trinajstić information content (AvgIpc) is 2.53. The Hall–Kier alpha value is -2.69. The van der Waals surface area contributed by atoms with Crippen LogP contribution in [0.1, 0.15) is 22.8 Å². The van der Waals surface area contributed by atoms with Crippen molar-refractivity contribution in [2.75, 3.05) is 13.7 Å². The third-order valence-electron chi connectivity index (χ3n) is 3.36. The fourth-order valence-electron chi connectivity index (χ4n) is 2.04. The van der Waals surface area contributed by atoms with Gasteiger partial charge in [-0.15, -0.1) is 0 Å². The number of carbonyl (C=O) groups excluding carboxylic acids is 2. The van der Waals surface area contributed by atoms with Gasteiger partial charge in [0.2, 0.25) is 0 Å². The molecular weight excluding hydrogens is 297 g/mol. The number of hydrogen-bond acceptors (Lipinski definition) is 3. The van der Waals surface area contributed by atoms with E-state index < -0.39 is 0 Å². The molecule has 0 aliphatic rings. The van der Waals surface area contributed by atoms with Gasteiger partial charge in [0, 0.05) is 19.2 Å². The Kier molecular flexibility index (Phi) is 5.46. The minimum Gasteiger partial charge on any atom is -0.484 e. The molecule has 23 heavy (non-hydrogen) atoms. The van der Waals surface area contributed by atoms with E-state index in [0.29, 0.717) is 23.4 Å². The van der Waals surface area contributed by atoms with Crippen molar-refractivity contribution in [3.8, 4) is 5.75 Å². The highest BCUT2D eigenvalue weighted by Crippen LogP contribution is 2.13. The highest BCUT2D eigenvalue weighted by Gasteiger charge is 2.11. The summed E-state index contributed by atoms with van der Waals surface area (Å²) in [7, 11) is 1.63. The molecule has 0 aliphatic heterocycles. The van der Waals surface area contributed by atoms with Gasteiger partial charge in [0.05, 0.1) is 0 Å². The van der Waals surface area contributed by atoms with Crippen molar-refractivity contribution in [2.24, 2.45) is 0 Å². The first-order valence-corrected chi connectivity index (χ1v) is 7.18. The molecule has 0 spiro atoms. The SMILES string of the molecule is CC(=O)c1ccc(OCC(=O)N(C)Cc2cccc(F)c2)cc1. The number of likely N-dealkylation sites (N-methyl/N-ethyl adjacent to an activating group) is 1. The van der Waals surface area contributed by atoms with Crippen molar-refractivity contribution in [1.29, 1.82) is 0 Å². The Balaban J connectivity index is 1.87. The summed E-state index contributed by atoms with van der Waals surface area (Å²) in [5.74, 6) is -0.0555. The number of hydrogen-bond donors (Lipinski definition) is 0. The summed E-state index contributed by atoms with van der Waals surface area (Å²) in [5, 5.41) is 0. The van der Waals surface area contributed by atoms with Crippen LogP contribution >= 0.6 is 0 Å². The quantitative estimate of drug-likeness (QED) is 0.770. The van der Waals surface area contributed by atoms with E-state index in [-0.39, 0.29) is 24.1 Å². The molecule has 0 fully saturated rings. The topological polar surface area (TPSA) is 46.6 Å². The van der Waals surface area contributed by atoms with Gasteiger partial charge in [-0.25, -0.2) is 4.39 Å². The van der Waals surface area contributed by atoms with E-state index in [1.807, 2.05) is 0 Å². The summed E-state index contributed by atoms with van der Waals surface area (Å²) in [6.45, 7) is 1.68. The van der Waals surface area contributed by atoms with E-state index in [4.69, 9.17) is 4.74 Å². The third-order valence-corrected chi connectivity index (χ3v) is 3.36. The number of benzene rings is 2. The molecule has 0 atom stereocenters. The predicted molar refractivity (Wildman–Crippen MR) is 84.8 cm³/mol. The zero-order chi connectivity index (χ0) is 16.8. The molecule has 5 heteroatoms. The highest BCUT2D eigenvalue weighted by molar-refractivity contribution is 5.94. The summed E-state index contributed by atoms with van der Waals surface area (Å²) in [6.07, 6.45) is 0. The molecule has 1 amide bonds. The van der Waals surface area contributed by atoms with Crippen molar-refractivity contribution in [1.82, 2.24) is 4.90 Å². The number of halogens is 1. The second kappa shape index (κ2) is 7.54. The van der Waals surface area contributed by atoms with E-state index in [2.05, 4.69) is 0 Å². The Morgan fingerprint density at radius 2 is 1.83 bits per heavy atom. The van der Waals surface area contributed by atoms with Crippen LogP contribution in [0.25, 0.3) is 0 Å². The van der Waals surface area contributed by atoms with Crippen molar-refractivity contribution < 1.29 is 18.7 Å². The second-order valence-corrected chi connectivity index (χ2v) is 5.25. The minimum atomic E-state index is -0.329. The highest BCUT2D eigenvalue weighted by atomic mass is 19.1. The summed E-state index contributed by atoms with van der Waals surface area (Å²) in [4.78, 5) is 24.7. The number of ether oxygens (including phenoxy) is 1. The Morgan fingerprint density at radius 3 is 2.43 bits per heavy atom. The van der Waals surface area contributed by atoms with Crippen LogP contribution < -0.4 is 4.74 Å². The number of amides is 1. The number of carbonyl (C=O) groups is 2. The predicted octanol–water partition coefficient (Wildman–Crippen LogP) is 3.07. The largest absolute Gasteiger partial charge is 0.484 e. The zero-order valence-corrected chi connectivity index (χ0v) is 13.1. The van der Waals surface area contributed by atoms with E-state index in [1.54, 1.807) is 43.4 Å². The standard InChI is InChI=1S/C18H18FNO3/c1-13(21)15-6-8-17(9-7-15)23-12-18(22)20(2)11-14-4-3-5-16(19)10-14/h3-10H,11-12H2,1-2H3. The molecule has 0 aliphatic carbocycles.